The summed E-state index contributed by atoms with van der Waals surface area (Å²) in [6, 6.07) is -2.29. The Labute approximate surface area is 148 Å². The molecule has 0 saturated carbocycles. The molecule has 0 aromatic carbocycles. The van der Waals surface area contributed by atoms with Crippen molar-refractivity contribution in [3.63, 3.8) is 0 Å². The molecule has 1 amide bonds. The van der Waals surface area contributed by atoms with E-state index in [0.29, 0.717) is 0 Å². The van der Waals surface area contributed by atoms with Gasteiger partial charge in [0.05, 0.1) is 0 Å². The molecule has 144 valence electrons. The molecular formula is C14H20N4O8. The first-order chi connectivity index (χ1) is 12.1. The van der Waals surface area contributed by atoms with Crippen molar-refractivity contribution in [1.82, 2.24) is 5.32 Å². The molecule has 1 aliphatic heterocycles. The largest absolute Gasteiger partial charge is 0.463 e. The number of ether oxygens (including phenoxy) is 4. The van der Waals surface area contributed by atoms with Crippen LogP contribution in [0.4, 0.5) is 0 Å². The Morgan fingerprint density at radius 1 is 1.08 bits per heavy atom. The third-order valence-corrected chi connectivity index (χ3v) is 3.26. The lowest BCUT2D eigenvalue weighted by molar-refractivity contribution is -0.247. The maximum atomic E-state index is 11.5. The molecule has 5 atom stereocenters. The maximum Gasteiger partial charge on any atom is 0.305 e. The highest BCUT2D eigenvalue weighted by Crippen LogP contribution is 2.28. The second-order valence-corrected chi connectivity index (χ2v) is 5.45. The second-order valence-electron chi connectivity index (χ2n) is 5.45. The van der Waals surface area contributed by atoms with Gasteiger partial charge in [-0.2, -0.15) is 0 Å². The first kappa shape index (κ1) is 21.2. The van der Waals surface area contributed by atoms with Gasteiger partial charge in [-0.3, -0.25) is 19.2 Å². The number of carbonyl (C=O) groups is 4. The number of azide groups is 1. The lowest BCUT2D eigenvalue weighted by Gasteiger charge is -2.43. The second kappa shape index (κ2) is 9.59. The van der Waals surface area contributed by atoms with E-state index in [2.05, 4.69) is 15.3 Å². The molecule has 0 radical (unpaired) electrons. The van der Waals surface area contributed by atoms with Crippen molar-refractivity contribution in [2.75, 3.05) is 6.61 Å². The Balaban J connectivity index is 3.27. The molecule has 1 aliphatic rings. The molecule has 0 aliphatic carbocycles. The average molecular weight is 372 g/mol. The van der Waals surface area contributed by atoms with Crippen LogP contribution in [0.15, 0.2) is 5.11 Å². The van der Waals surface area contributed by atoms with E-state index >= 15 is 0 Å². The van der Waals surface area contributed by atoms with Crippen molar-refractivity contribution in [1.29, 1.82) is 0 Å². The molecule has 0 bridgehead atoms. The van der Waals surface area contributed by atoms with E-state index in [1.54, 1.807) is 0 Å². The van der Waals surface area contributed by atoms with Crippen LogP contribution in [0.25, 0.3) is 10.4 Å². The minimum Gasteiger partial charge on any atom is -0.463 e. The Bertz CT molecular complexity index is 618. The zero-order valence-electron chi connectivity index (χ0n) is 14.7. The van der Waals surface area contributed by atoms with E-state index in [9.17, 15) is 19.2 Å². The average Bonchev–Trinajstić information content (AvgIpc) is 2.50. The highest BCUT2D eigenvalue weighted by atomic mass is 16.7. The van der Waals surface area contributed by atoms with Gasteiger partial charge in [0.1, 0.15) is 30.9 Å². The van der Waals surface area contributed by atoms with Gasteiger partial charge >= 0.3 is 17.9 Å². The Hall–Kier alpha value is -2.85. The Morgan fingerprint density at radius 2 is 1.69 bits per heavy atom. The van der Waals surface area contributed by atoms with Gasteiger partial charge in [-0.25, -0.2) is 0 Å². The zero-order chi connectivity index (χ0) is 19.9. The van der Waals surface area contributed by atoms with Gasteiger partial charge in [0.25, 0.3) is 0 Å². The van der Waals surface area contributed by atoms with Gasteiger partial charge in [-0.1, -0.05) is 5.11 Å². The molecule has 1 heterocycles. The van der Waals surface area contributed by atoms with Crippen LogP contribution < -0.4 is 5.32 Å². The van der Waals surface area contributed by atoms with Crippen LogP contribution in [0, 0.1) is 0 Å². The van der Waals surface area contributed by atoms with Crippen molar-refractivity contribution < 1.29 is 38.1 Å². The molecule has 1 fully saturated rings. The van der Waals surface area contributed by atoms with E-state index < -0.39 is 54.4 Å². The number of nitrogens with zero attached hydrogens (tertiary/aromatic N) is 3. The fraction of sp³-hybridized carbons (Fsp3) is 0.714. The predicted molar refractivity (Wildman–Crippen MR) is 83.2 cm³/mol. The molecule has 12 heteroatoms. The van der Waals surface area contributed by atoms with Gasteiger partial charge in [0.2, 0.25) is 12.2 Å². The van der Waals surface area contributed by atoms with Crippen molar-refractivity contribution in [3.05, 3.63) is 10.4 Å². The monoisotopic (exact) mass is 372 g/mol. The standard InChI is InChI=1S/C14H20N4O8/c1-6(19)16-12-11(17-18-15)13(24-8(3)21)10(5-23-7(2)20)26-14(12)25-9(4)22/h10-14H,5H2,1-4H3,(H,16,19)/t10-,11-,12+,13-,14-/m1/s1. The number of hydrogen-bond donors (Lipinski definition) is 1. The molecule has 12 nitrogen and oxygen atoms in total. The van der Waals surface area contributed by atoms with E-state index in [1.165, 1.54) is 6.92 Å². The summed E-state index contributed by atoms with van der Waals surface area (Å²) in [5.41, 5.74) is 8.87. The molecule has 1 rings (SSSR count). The van der Waals surface area contributed by atoms with Crippen molar-refractivity contribution in [2.45, 2.75) is 58.3 Å². The third kappa shape index (κ3) is 6.22. The van der Waals surface area contributed by atoms with Crippen LogP contribution in [-0.2, 0) is 38.1 Å². The topological polar surface area (TPSA) is 166 Å². The summed E-state index contributed by atoms with van der Waals surface area (Å²) in [5, 5.41) is 6.02. The molecule has 0 unspecified atom stereocenters. The van der Waals surface area contributed by atoms with Gasteiger partial charge in [0, 0.05) is 32.6 Å². The van der Waals surface area contributed by atoms with Crippen molar-refractivity contribution in [3.8, 4) is 0 Å². The summed E-state index contributed by atoms with van der Waals surface area (Å²) >= 11 is 0. The number of nitrogens with one attached hydrogen (secondary N) is 1. The van der Waals surface area contributed by atoms with Crippen LogP contribution in [0.3, 0.4) is 0 Å². The van der Waals surface area contributed by atoms with Crippen LogP contribution in [0.1, 0.15) is 27.7 Å². The Morgan fingerprint density at radius 3 is 2.15 bits per heavy atom. The lowest BCUT2D eigenvalue weighted by Crippen LogP contribution is -2.65. The normalized spacial score (nSPS) is 27.5. The summed E-state index contributed by atoms with van der Waals surface area (Å²) in [6.07, 6.45) is -3.63. The van der Waals surface area contributed by atoms with E-state index in [1.807, 2.05) is 0 Å². The van der Waals surface area contributed by atoms with Gasteiger partial charge in [-0.15, -0.1) is 0 Å². The molecule has 1 N–H and O–H groups in total. The van der Waals surface area contributed by atoms with Gasteiger partial charge in [-0.05, 0) is 5.53 Å². The Kier molecular flexibility index (Phi) is 7.81. The SMILES string of the molecule is CC(=O)N[C@@H]1[C@H](OC(C)=O)O[C@H](COC(C)=O)[C@@H](OC(C)=O)[C@@H]1N=[N+]=[N-]. The fourth-order valence-corrected chi connectivity index (χ4v) is 2.44. The molecule has 0 spiro atoms. The van der Waals surface area contributed by atoms with Crippen molar-refractivity contribution >= 4 is 23.8 Å². The smallest absolute Gasteiger partial charge is 0.305 e. The minimum atomic E-state index is -1.35. The summed E-state index contributed by atoms with van der Waals surface area (Å²) in [5.74, 6) is -2.57. The van der Waals surface area contributed by atoms with E-state index in [0.717, 1.165) is 20.8 Å². The van der Waals surface area contributed by atoms with Gasteiger partial charge < -0.3 is 24.3 Å². The lowest BCUT2D eigenvalue weighted by atomic mass is 9.94. The number of carbonyl (C=O) groups excluding carboxylic acids is 4. The summed E-state index contributed by atoms with van der Waals surface area (Å²) in [6.45, 7) is 4.26. The van der Waals surface area contributed by atoms with Crippen molar-refractivity contribution in [2.24, 2.45) is 5.11 Å². The third-order valence-electron chi connectivity index (χ3n) is 3.26. The number of amides is 1. The zero-order valence-corrected chi connectivity index (χ0v) is 14.7. The number of hydrogen-bond acceptors (Lipinski definition) is 9. The van der Waals surface area contributed by atoms with Crippen LogP contribution in [-0.4, -0.2) is 61.0 Å². The molecule has 0 aromatic heterocycles. The highest BCUT2D eigenvalue weighted by Gasteiger charge is 2.49. The number of esters is 3. The summed E-state index contributed by atoms with van der Waals surface area (Å²) in [4.78, 5) is 48.1. The molecule has 1 saturated heterocycles. The minimum absolute atomic E-state index is 0.352. The highest BCUT2D eigenvalue weighted by molar-refractivity contribution is 5.73. The van der Waals surface area contributed by atoms with E-state index in [-0.39, 0.29) is 6.61 Å². The maximum absolute atomic E-state index is 11.5. The summed E-state index contributed by atoms with van der Waals surface area (Å²) < 4.78 is 20.6. The predicted octanol–water partition coefficient (Wildman–Crippen LogP) is -0.0472. The summed E-state index contributed by atoms with van der Waals surface area (Å²) in [7, 11) is 0. The van der Waals surface area contributed by atoms with Gasteiger partial charge in [0.15, 0.2) is 0 Å². The van der Waals surface area contributed by atoms with E-state index in [4.69, 9.17) is 24.5 Å². The van der Waals surface area contributed by atoms with Crippen LogP contribution >= 0.6 is 0 Å². The molecule has 0 aromatic rings. The first-order valence-corrected chi connectivity index (χ1v) is 7.60. The molecule has 26 heavy (non-hydrogen) atoms. The first-order valence-electron chi connectivity index (χ1n) is 7.60. The quantitative estimate of drug-likeness (QED) is 0.223. The molecular weight excluding hydrogens is 352 g/mol. The van der Waals surface area contributed by atoms with Crippen LogP contribution in [0.5, 0.6) is 0 Å². The fourth-order valence-electron chi connectivity index (χ4n) is 2.44. The van der Waals surface area contributed by atoms with Crippen LogP contribution in [0.2, 0.25) is 0 Å². The number of rotatable bonds is 6.